The first-order chi connectivity index (χ1) is 14.5. The average Bonchev–Trinajstić information content (AvgIpc) is 3.09. The molecule has 1 fully saturated rings. The summed E-state index contributed by atoms with van der Waals surface area (Å²) in [6.45, 7) is 6.82. The molecular weight excluding hydrogens is 396 g/mol. The maximum Gasteiger partial charge on any atom is 0.262 e. The molecule has 3 heterocycles. The highest BCUT2D eigenvalue weighted by Crippen LogP contribution is 2.28. The quantitative estimate of drug-likeness (QED) is 0.628. The van der Waals surface area contributed by atoms with Crippen molar-refractivity contribution in [2.75, 3.05) is 19.6 Å². The summed E-state index contributed by atoms with van der Waals surface area (Å²) in [6, 6.07) is 10.1. The predicted molar refractivity (Wildman–Crippen MR) is 121 cm³/mol. The summed E-state index contributed by atoms with van der Waals surface area (Å²) in [5.41, 5.74) is 1.62. The third-order valence-corrected chi connectivity index (χ3v) is 7.00. The fourth-order valence-electron chi connectivity index (χ4n) is 4.19. The molecule has 158 valence electrons. The molecule has 4 rings (SSSR count). The number of nitrogens with zero attached hydrogens (tertiary/aromatic N) is 2. The van der Waals surface area contributed by atoms with Crippen molar-refractivity contribution in [1.29, 1.82) is 0 Å². The zero-order chi connectivity index (χ0) is 21.1. The number of thiophene rings is 1. The molecule has 2 N–H and O–H groups in total. The zero-order valence-corrected chi connectivity index (χ0v) is 18.3. The Kier molecular flexibility index (Phi) is 6.29. The van der Waals surface area contributed by atoms with Crippen LogP contribution >= 0.6 is 11.3 Å². The van der Waals surface area contributed by atoms with Crippen molar-refractivity contribution < 1.29 is 4.79 Å². The average molecular weight is 425 g/mol. The number of piperidine rings is 1. The standard InChI is InChI=1S/C23H28N4O2S/c1-15-19-21(28)24-16(2)25-23(19)30-20(15)22(29)26-18(17-9-5-3-6-10-17)11-14-27-12-7-4-8-13-27/h3,5-6,9-10,18H,4,7-8,11-14H2,1-2H3,(H,26,29)(H,24,25,28)/t18-/m0/s1. The zero-order valence-electron chi connectivity index (χ0n) is 17.5. The third-order valence-electron chi connectivity index (χ3n) is 5.82. The van der Waals surface area contributed by atoms with Crippen LogP contribution in [0.4, 0.5) is 0 Å². The molecular formula is C23H28N4O2S. The van der Waals surface area contributed by atoms with Gasteiger partial charge in [-0.05, 0) is 57.3 Å². The first-order valence-corrected chi connectivity index (χ1v) is 11.4. The lowest BCUT2D eigenvalue weighted by Crippen LogP contribution is -2.35. The number of aryl methyl sites for hydroxylation is 2. The number of H-pyrrole nitrogens is 1. The summed E-state index contributed by atoms with van der Waals surface area (Å²) < 4.78 is 0. The van der Waals surface area contributed by atoms with E-state index in [0.29, 0.717) is 26.5 Å². The van der Waals surface area contributed by atoms with E-state index in [0.717, 1.165) is 31.6 Å². The second kappa shape index (κ2) is 9.10. The molecule has 6 nitrogen and oxygen atoms in total. The predicted octanol–water partition coefficient (Wildman–Crippen LogP) is 3.95. The summed E-state index contributed by atoms with van der Waals surface area (Å²) in [5.74, 6) is 0.421. The van der Waals surface area contributed by atoms with E-state index in [4.69, 9.17) is 0 Å². The monoisotopic (exact) mass is 424 g/mol. The number of carbonyl (C=O) groups excluding carboxylic acids is 1. The molecule has 0 radical (unpaired) electrons. The lowest BCUT2D eigenvalue weighted by molar-refractivity contribution is 0.0933. The van der Waals surface area contributed by atoms with E-state index < -0.39 is 0 Å². The van der Waals surface area contributed by atoms with Crippen LogP contribution in [-0.4, -0.2) is 40.4 Å². The van der Waals surface area contributed by atoms with Crippen LogP contribution in [0.5, 0.6) is 0 Å². The smallest absolute Gasteiger partial charge is 0.262 e. The van der Waals surface area contributed by atoms with E-state index in [-0.39, 0.29) is 17.5 Å². The minimum atomic E-state index is -0.185. The Labute approximate surface area is 180 Å². The van der Waals surface area contributed by atoms with E-state index in [1.165, 1.54) is 30.6 Å². The van der Waals surface area contributed by atoms with Crippen molar-refractivity contribution in [3.05, 3.63) is 62.5 Å². The molecule has 1 aromatic carbocycles. The largest absolute Gasteiger partial charge is 0.344 e. The fourth-order valence-corrected chi connectivity index (χ4v) is 5.32. The molecule has 0 bridgehead atoms. The molecule has 1 saturated heterocycles. The Morgan fingerprint density at radius 3 is 2.67 bits per heavy atom. The highest BCUT2D eigenvalue weighted by Gasteiger charge is 2.23. The number of amides is 1. The second-order valence-electron chi connectivity index (χ2n) is 8.02. The number of carbonyl (C=O) groups is 1. The van der Waals surface area contributed by atoms with Gasteiger partial charge in [0.25, 0.3) is 11.5 Å². The first kappa shape index (κ1) is 20.8. The van der Waals surface area contributed by atoms with E-state index in [1.807, 2.05) is 25.1 Å². The van der Waals surface area contributed by atoms with E-state index in [1.54, 1.807) is 6.92 Å². The first-order valence-electron chi connectivity index (χ1n) is 10.6. The van der Waals surface area contributed by atoms with E-state index >= 15 is 0 Å². The Balaban J connectivity index is 1.57. The number of fused-ring (bicyclic) bond motifs is 1. The topological polar surface area (TPSA) is 78.1 Å². The number of hydrogen-bond donors (Lipinski definition) is 2. The molecule has 2 aromatic heterocycles. The summed E-state index contributed by atoms with van der Waals surface area (Å²) in [4.78, 5) is 36.4. The van der Waals surface area contributed by atoms with Crippen LogP contribution in [0.15, 0.2) is 35.1 Å². The van der Waals surface area contributed by atoms with Gasteiger partial charge in [0.1, 0.15) is 10.7 Å². The Morgan fingerprint density at radius 2 is 1.93 bits per heavy atom. The molecule has 0 unspecified atom stereocenters. The number of aromatic nitrogens is 2. The van der Waals surface area contributed by atoms with Gasteiger partial charge in [-0.3, -0.25) is 9.59 Å². The molecule has 1 aliphatic rings. The van der Waals surface area contributed by atoms with Crippen molar-refractivity contribution >= 4 is 27.5 Å². The van der Waals surface area contributed by atoms with Crippen LogP contribution in [0.1, 0.15) is 58.3 Å². The molecule has 0 saturated carbocycles. The SMILES string of the molecule is Cc1nc2sc(C(=O)N[C@@H](CCN3CCCCC3)c3ccccc3)c(C)c2c(=O)[nH]1. The number of aromatic amines is 1. The van der Waals surface area contributed by atoms with Gasteiger partial charge in [-0.25, -0.2) is 4.98 Å². The Hall–Kier alpha value is -2.51. The maximum atomic E-state index is 13.2. The minimum Gasteiger partial charge on any atom is -0.344 e. The van der Waals surface area contributed by atoms with Crippen LogP contribution in [0.25, 0.3) is 10.2 Å². The van der Waals surface area contributed by atoms with Crippen molar-refractivity contribution in [3.63, 3.8) is 0 Å². The van der Waals surface area contributed by atoms with Gasteiger partial charge in [0.2, 0.25) is 0 Å². The summed E-state index contributed by atoms with van der Waals surface area (Å²) in [7, 11) is 0. The van der Waals surface area contributed by atoms with Crippen LogP contribution in [0.2, 0.25) is 0 Å². The van der Waals surface area contributed by atoms with Gasteiger partial charge >= 0.3 is 0 Å². The number of rotatable bonds is 6. The van der Waals surface area contributed by atoms with Gasteiger partial charge in [0.05, 0.1) is 16.3 Å². The minimum absolute atomic E-state index is 0.0711. The lowest BCUT2D eigenvalue weighted by Gasteiger charge is -2.28. The van der Waals surface area contributed by atoms with Crippen molar-refractivity contribution in [2.45, 2.75) is 45.6 Å². The van der Waals surface area contributed by atoms with Crippen molar-refractivity contribution in [1.82, 2.24) is 20.2 Å². The highest BCUT2D eigenvalue weighted by atomic mass is 32.1. The molecule has 0 aliphatic carbocycles. The van der Waals surface area contributed by atoms with Crippen LogP contribution < -0.4 is 10.9 Å². The maximum absolute atomic E-state index is 13.2. The molecule has 1 atom stereocenters. The summed E-state index contributed by atoms with van der Waals surface area (Å²) in [5, 5.41) is 3.74. The van der Waals surface area contributed by atoms with E-state index in [2.05, 4.69) is 32.3 Å². The molecule has 1 amide bonds. The van der Waals surface area contributed by atoms with Gasteiger partial charge in [0, 0.05) is 6.54 Å². The van der Waals surface area contributed by atoms with Crippen LogP contribution in [0, 0.1) is 13.8 Å². The highest BCUT2D eigenvalue weighted by molar-refractivity contribution is 7.20. The second-order valence-corrected chi connectivity index (χ2v) is 9.01. The van der Waals surface area contributed by atoms with Crippen LogP contribution in [-0.2, 0) is 0 Å². The van der Waals surface area contributed by atoms with Gasteiger partial charge < -0.3 is 15.2 Å². The van der Waals surface area contributed by atoms with Gasteiger partial charge in [-0.2, -0.15) is 0 Å². The Morgan fingerprint density at radius 1 is 1.20 bits per heavy atom. The van der Waals surface area contributed by atoms with E-state index in [9.17, 15) is 9.59 Å². The lowest BCUT2D eigenvalue weighted by atomic mass is 10.0. The summed E-state index contributed by atoms with van der Waals surface area (Å²) >= 11 is 1.29. The number of hydrogen-bond acceptors (Lipinski definition) is 5. The summed E-state index contributed by atoms with van der Waals surface area (Å²) in [6.07, 6.45) is 4.68. The molecule has 1 aliphatic heterocycles. The van der Waals surface area contributed by atoms with Gasteiger partial charge in [-0.15, -0.1) is 11.3 Å². The molecule has 3 aromatic rings. The van der Waals surface area contributed by atoms with Gasteiger partial charge in [-0.1, -0.05) is 36.8 Å². The fraction of sp³-hybridized carbons (Fsp3) is 0.435. The van der Waals surface area contributed by atoms with Crippen molar-refractivity contribution in [3.8, 4) is 0 Å². The number of nitrogens with one attached hydrogen (secondary N) is 2. The van der Waals surface area contributed by atoms with Crippen molar-refractivity contribution in [2.24, 2.45) is 0 Å². The molecule has 30 heavy (non-hydrogen) atoms. The van der Waals surface area contributed by atoms with Crippen LogP contribution in [0.3, 0.4) is 0 Å². The third kappa shape index (κ3) is 4.47. The van der Waals surface area contributed by atoms with Gasteiger partial charge in [0.15, 0.2) is 0 Å². The number of benzene rings is 1. The molecule has 0 spiro atoms. The Bertz CT molecular complexity index is 1080. The normalized spacial score (nSPS) is 15.9. The number of likely N-dealkylation sites (tertiary alicyclic amines) is 1. The molecule has 7 heteroatoms.